The van der Waals surface area contributed by atoms with Crippen LogP contribution in [0.3, 0.4) is 0 Å². The number of aryl methyl sites for hydroxylation is 2. The summed E-state index contributed by atoms with van der Waals surface area (Å²) in [5.74, 6) is -2.09. The summed E-state index contributed by atoms with van der Waals surface area (Å²) in [5.41, 5.74) is 0. The quantitative estimate of drug-likeness (QED) is 0.483. The molecule has 1 aromatic rings. The van der Waals surface area contributed by atoms with E-state index in [-0.39, 0.29) is 12.8 Å². The molecule has 0 aromatic carbocycles. The lowest BCUT2D eigenvalue weighted by atomic mass is 10.3. The third-order valence-corrected chi connectivity index (χ3v) is 2.34. The van der Waals surface area contributed by atoms with Crippen LogP contribution in [0.4, 0.5) is 0 Å². The number of carboxylic acids is 2. The standard InChI is InChI=1S/C11H16N2O4/c14-10(15)3-1-5-12-7-8-13(9-12)6-2-4-11(16)17/h7-9H,1-6H2,(H-,14,15,16,17)/p-1. The molecule has 0 aliphatic carbocycles. The monoisotopic (exact) mass is 239 g/mol. The average Bonchev–Trinajstić information content (AvgIpc) is 2.65. The Bertz CT molecular complexity index is 352. The molecule has 1 aromatic heterocycles. The summed E-state index contributed by atoms with van der Waals surface area (Å²) in [4.78, 5) is 20.4. The molecule has 0 unspecified atom stereocenters. The average molecular weight is 239 g/mol. The first-order valence-electron chi connectivity index (χ1n) is 5.52. The van der Waals surface area contributed by atoms with Crippen LogP contribution in [0.5, 0.6) is 0 Å². The van der Waals surface area contributed by atoms with Crippen molar-refractivity contribution in [2.45, 2.75) is 38.8 Å². The largest absolute Gasteiger partial charge is 0.550 e. The van der Waals surface area contributed by atoms with E-state index in [4.69, 9.17) is 0 Å². The summed E-state index contributed by atoms with van der Waals surface area (Å²) in [6.07, 6.45) is 6.62. The summed E-state index contributed by atoms with van der Waals surface area (Å²) in [6.45, 7) is 1.23. The van der Waals surface area contributed by atoms with Crippen LogP contribution in [0, 0.1) is 0 Å². The Morgan fingerprint density at radius 2 is 1.76 bits per heavy atom. The van der Waals surface area contributed by atoms with Crippen molar-refractivity contribution in [3.63, 3.8) is 0 Å². The van der Waals surface area contributed by atoms with Crippen molar-refractivity contribution in [3.05, 3.63) is 18.7 Å². The predicted octanol–water partition coefficient (Wildman–Crippen LogP) is -2.16. The summed E-state index contributed by atoms with van der Waals surface area (Å²) < 4.78 is 3.73. The van der Waals surface area contributed by atoms with Gasteiger partial charge in [-0.2, -0.15) is 0 Å². The lowest BCUT2D eigenvalue weighted by Crippen LogP contribution is -2.32. The van der Waals surface area contributed by atoms with E-state index in [1.807, 2.05) is 27.9 Å². The topological polar surface area (TPSA) is 89.1 Å². The van der Waals surface area contributed by atoms with Crippen molar-refractivity contribution < 1.29 is 24.4 Å². The second-order valence-electron chi connectivity index (χ2n) is 3.84. The third-order valence-electron chi connectivity index (χ3n) is 2.34. The first-order valence-corrected chi connectivity index (χ1v) is 5.52. The second kappa shape index (κ2) is 6.67. The van der Waals surface area contributed by atoms with Crippen molar-refractivity contribution in [2.75, 3.05) is 0 Å². The molecule has 0 aliphatic heterocycles. The smallest absolute Gasteiger partial charge is 0.243 e. The van der Waals surface area contributed by atoms with Crippen molar-refractivity contribution in [2.24, 2.45) is 0 Å². The van der Waals surface area contributed by atoms with Gasteiger partial charge in [0.2, 0.25) is 6.33 Å². The fourth-order valence-corrected chi connectivity index (χ4v) is 1.52. The maximum absolute atomic E-state index is 10.2. The van der Waals surface area contributed by atoms with Gasteiger partial charge in [0, 0.05) is 11.9 Å². The third kappa shape index (κ3) is 5.70. The van der Waals surface area contributed by atoms with Crippen LogP contribution in [-0.4, -0.2) is 16.5 Å². The molecule has 17 heavy (non-hydrogen) atoms. The number of hydrogen-bond acceptors (Lipinski definition) is 4. The van der Waals surface area contributed by atoms with E-state index in [1.165, 1.54) is 0 Å². The number of carboxylic acid groups (broad SMARTS) is 2. The molecule has 94 valence electrons. The van der Waals surface area contributed by atoms with Gasteiger partial charge in [-0.25, -0.2) is 9.13 Å². The van der Waals surface area contributed by atoms with E-state index in [2.05, 4.69) is 0 Å². The van der Waals surface area contributed by atoms with Gasteiger partial charge in [0.15, 0.2) is 0 Å². The number of carbonyl (C=O) groups excluding carboxylic acids is 2. The van der Waals surface area contributed by atoms with Crippen LogP contribution in [-0.2, 0) is 22.7 Å². The van der Waals surface area contributed by atoms with Crippen LogP contribution >= 0.6 is 0 Å². The van der Waals surface area contributed by atoms with E-state index in [0.29, 0.717) is 25.9 Å². The maximum Gasteiger partial charge on any atom is 0.243 e. The van der Waals surface area contributed by atoms with E-state index >= 15 is 0 Å². The summed E-state index contributed by atoms with van der Waals surface area (Å²) >= 11 is 0. The number of carbonyl (C=O) groups is 2. The molecular formula is C11H15N2O4-. The highest BCUT2D eigenvalue weighted by atomic mass is 16.4. The zero-order chi connectivity index (χ0) is 12.7. The maximum atomic E-state index is 10.2. The Morgan fingerprint density at radius 3 is 2.41 bits per heavy atom. The molecule has 0 radical (unpaired) electrons. The Hall–Kier alpha value is -1.85. The van der Waals surface area contributed by atoms with Crippen molar-refractivity contribution in [1.29, 1.82) is 0 Å². The van der Waals surface area contributed by atoms with Crippen molar-refractivity contribution >= 4 is 11.9 Å². The van der Waals surface area contributed by atoms with Crippen LogP contribution in [0.25, 0.3) is 0 Å². The van der Waals surface area contributed by atoms with Gasteiger partial charge in [0.1, 0.15) is 12.4 Å². The van der Waals surface area contributed by atoms with Crippen LogP contribution in [0.15, 0.2) is 18.7 Å². The number of imidazole rings is 1. The summed E-state index contributed by atoms with van der Waals surface area (Å²) in [6, 6.07) is 0. The number of aliphatic carboxylic acids is 2. The highest BCUT2D eigenvalue weighted by Gasteiger charge is 2.03. The Morgan fingerprint density at radius 1 is 1.12 bits per heavy atom. The van der Waals surface area contributed by atoms with Gasteiger partial charge in [0.05, 0.1) is 13.1 Å². The predicted molar refractivity (Wildman–Crippen MR) is 53.1 cm³/mol. The fourth-order valence-electron chi connectivity index (χ4n) is 1.52. The summed E-state index contributed by atoms with van der Waals surface area (Å²) in [5, 5.41) is 20.4. The molecule has 0 saturated heterocycles. The molecule has 1 heterocycles. The molecule has 0 bridgehead atoms. The number of nitrogens with zero attached hydrogens (tertiary/aromatic N) is 2. The molecule has 0 N–H and O–H groups in total. The highest BCUT2D eigenvalue weighted by molar-refractivity contribution is 5.64. The molecule has 0 aliphatic rings. The zero-order valence-corrected chi connectivity index (χ0v) is 9.50. The number of aromatic nitrogens is 2. The van der Waals surface area contributed by atoms with Gasteiger partial charge in [-0.05, 0) is 25.7 Å². The Labute approximate surface area is 99.1 Å². The fraction of sp³-hybridized carbons (Fsp3) is 0.545. The minimum absolute atomic E-state index is 0.0445. The molecule has 6 nitrogen and oxygen atoms in total. The molecule has 0 atom stereocenters. The van der Waals surface area contributed by atoms with E-state index in [0.717, 1.165) is 0 Å². The van der Waals surface area contributed by atoms with Gasteiger partial charge < -0.3 is 19.8 Å². The van der Waals surface area contributed by atoms with Crippen molar-refractivity contribution in [1.82, 2.24) is 4.57 Å². The van der Waals surface area contributed by atoms with Crippen LogP contribution in [0.1, 0.15) is 25.7 Å². The van der Waals surface area contributed by atoms with E-state index < -0.39 is 11.9 Å². The van der Waals surface area contributed by atoms with Crippen molar-refractivity contribution in [3.8, 4) is 0 Å². The number of rotatable bonds is 8. The van der Waals surface area contributed by atoms with Gasteiger partial charge in [-0.1, -0.05) is 0 Å². The lowest BCUT2D eigenvalue weighted by molar-refractivity contribution is -0.696. The Kier molecular flexibility index (Phi) is 5.19. The van der Waals surface area contributed by atoms with Crippen LogP contribution < -0.4 is 14.8 Å². The van der Waals surface area contributed by atoms with Crippen LogP contribution in [0.2, 0.25) is 0 Å². The minimum atomic E-state index is -1.04. The van der Waals surface area contributed by atoms with E-state index in [1.54, 1.807) is 0 Å². The van der Waals surface area contributed by atoms with Gasteiger partial charge in [-0.3, -0.25) is 0 Å². The normalized spacial score (nSPS) is 10.4. The lowest BCUT2D eigenvalue weighted by Gasteiger charge is -2.00. The van der Waals surface area contributed by atoms with Gasteiger partial charge >= 0.3 is 0 Å². The zero-order valence-electron chi connectivity index (χ0n) is 9.50. The van der Waals surface area contributed by atoms with E-state index in [9.17, 15) is 19.8 Å². The van der Waals surface area contributed by atoms with Gasteiger partial charge in [0.25, 0.3) is 0 Å². The molecule has 0 amide bonds. The molecule has 6 heteroatoms. The molecule has 0 spiro atoms. The molecule has 0 saturated carbocycles. The minimum Gasteiger partial charge on any atom is -0.550 e. The Balaban J connectivity index is 2.27. The molecular weight excluding hydrogens is 224 g/mol. The van der Waals surface area contributed by atoms with Gasteiger partial charge in [-0.15, -0.1) is 0 Å². The SMILES string of the molecule is O=C([O-])CCCn1cc[n+](CCCC(=O)[O-])c1. The number of hydrogen-bond donors (Lipinski definition) is 0. The molecule has 1 rings (SSSR count). The second-order valence-corrected chi connectivity index (χ2v) is 3.84. The first kappa shape index (κ1) is 13.2. The molecule has 0 fully saturated rings. The summed E-state index contributed by atoms with van der Waals surface area (Å²) in [7, 11) is 0. The highest BCUT2D eigenvalue weighted by Crippen LogP contribution is 1.94. The first-order chi connectivity index (χ1) is 8.08.